The van der Waals surface area contributed by atoms with Crippen LogP contribution in [0.4, 0.5) is 5.69 Å². The third-order valence-corrected chi connectivity index (χ3v) is 4.69. The van der Waals surface area contributed by atoms with Crippen LogP contribution in [0.2, 0.25) is 0 Å². The number of thiophene rings is 1. The number of Topliss-reactive ketones (excluding diaryl/α,β-unsaturated/α-hetero) is 1. The van der Waals surface area contributed by atoms with Crippen molar-refractivity contribution in [3.63, 3.8) is 0 Å². The van der Waals surface area contributed by atoms with E-state index in [-0.39, 0.29) is 0 Å². The number of benzene rings is 1. The van der Waals surface area contributed by atoms with Crippen molar-refractivity contribution in [1.82, 2.24) is 0 Å². The Morgan fingerprint density at radius 2 is 2.00 bits per heavy atom. The molecule has 1 saturated carbocycles. The second-order valence-corrected chi connectivity index (χ2v) is 5.92. The zero-order chi connectivity index (χ0) is 12.4. The van der Waals surface area contributed by atoms with Gasteiger partial charge in [-0.15, -0.1) is 11.3 Å². The topological polar surface area (TPSA) is 29.1 Å². The normalized spacial score (nSPS) is 17.2. The average molecular weight is 259 g/mol. The molecule has 1 aromatic carbocycles. The van der Waals surface area contributed by atoms with Crippen LogP contribution < -0.4 is 5.32 Å². The number of anilines is 1. The van der Waals surface area contributed by atoms with E-state index < -0.39 is 0 Å². The van der Waals surface area contributed by atoms with Crippen LogP contribution in [-0.4, -0.2) is 12.3 Å². The number of hydrogen-bond donors (Lipinski definition) is 1. The summed E-state index contributed by atoms with van der Waals surface area (Å²) in [6.45, 7) is 0.994. The first-order valence-corrected chi connectivity index (χ1v) is 7.43. The minimum absolute atomic E-state index is 0.437. The van der Waals surface area contributed by atoms with Crippen LogP contribution in [-0.2, 0) is 4.79 Å². The number of fused-ring (bicyclic) bond motifs is 1. The Balaban J connectivity index is 1.64. The molecule has 3 rings (SSSR count). The van der Waals surface area contributed by atoms with Gasteiger partial charge in [-0.1, -0.05) is 18.2 Å². The molecule has 3 heteroatoms. The number of carbonyl (C=O) groups excluding carboxylic acids is 1. The van der Waals surface area contributed by atoms with E-state index >= 15 is 0 Å². The highest BCUT2D eigenvalue weighted by Gasteiger charge is 2.18. The molecule has 94 valence electrons. The highest BCUT2D eigenvalue weighted by molar-refractivity contribution is 7.17. The lowest BCUT2D eigenvalue weighted by atomic mass is 9.88. The zero-order valence-corrected chi connectivity index (χ0v) is 11.1. The van der Waals surface area contributed by atoms with E-state index in [0.29, 0.717) is 11.7 Å². The minimum Gasteiger partial charge on any atom is -0.384 e. The largest absolute Gasteiger partial charge is 0.384 e. The summed E-state index contributed by atoms with van der Waals surface area (Å²) >= 11 is 1.78. The highest BCUT2D eigenvalue weighted by Crippen LogP contribution is 2.30. The second-order valence-electron chi connectivity index (χ2n) is 5.01. The fourth-order valence-electron chi connectivity index (χ4n) is 2.57. The van der Waals surface area contributed by atoms with Crippen LogP contribution in [0.1, 0.15) is 25.7 Å². The lowest BCUT2D eigenvalue weighted by Crippen LogP contribution is -2.20. The Hall–Kier alpha value is -1.35. The molecule has 0 saturated heterocycles. The van der Waals surface area contributed by atoms with Crippen molar-refractivity contribution in [1.29, 1.82) is 0 Å². The van der Waals surface area contributed by atoms with Gasteiger partial charge in [0.2, 0.25) is 0 Å². The molecular weight excluding hydrogens is 242 g/mol. The van der Waals surface area contributed by atoms with Crippen molar-refractivity contribution in [2.24, 2.45) is 5.92 Å². The van der Waals surface area contributed by atoms with Crippen molar-refractivity contribution in [2.75, 3.05) is 11.9 Å². The maximum absolute atomic E-state index is 11.2. The van der Waals surface area contributed by atoms with Crippen molar-refractivity contribution >= 4 is 32.9 Å². The van der Waals surface area contributed by atoms with Gasteiger partial charge in [0.1, 0.15) is 5.78 Å². The van der Waals surface area contributed by atoms with E-state index in [0.717, 1.165) is 32.2 Å². The van der Waals surface area contributed by atoms with Gasteiger partial charge in [-0.25, -0.2) is 0 Å². The molecule has 0 unspecified atom stereocenters. The SMILES string of the molecule is O=C1CCC(CNc2csc3ccccc23)CC1. The molecule has 1 fully saturated rings. The van der Waals surface area contributed by atoms with E-state index in [9.17, 15) is 4.79 Å². The molecule has 1 aromatic heterocycles. The van der Waals surface area contributed by atoms with Gasteiger partial charge < -0.3 is 5.32 Å². The van der Waals surface area contributed by atoms with Gasteiger partial charge in [0.25, 0.3) is 0 Å². The third kappa shape index (κ3) is 2.41. The summed E-state index contributed by atoms with van der Waals surface area (Å²) in [5, 5.41) is 7.06. The molecule has 0 atom stereocenters. The summed E-state index contributed by atoms with van der Waals surface area (Å²) < 4.78 is 1.33. The van der Waals surface area contributed by atoms with Crippen molar-refractivity contribution < 1.29 is 4.79 Å². The fraction of sp³-hybridized carbons (Fsp3) is 0.400. The number of ketones is 1. The van der Waals surface area contributed by atoms with Crippen LogP contribution in [0.25, 0.3) is 10.1 Å². The molecule has 0 spiro atoms. The Labute approximate surface area is 111 Å². The van der Waals surface area contributed by atoms with E-state index in [4.69, 9.17) is 0 Å². The summed E-state index contributed by atoms with van der Waals surface area (Å²) in [5.74, 6) is 1.09. The Morgan fingerprint density at radius 1 is 1.22 bits per heavy atom. The summed E-state index contributed by atoms with van der Waals surface area (Å²) in [6.07, 6.45) is 3.65. The summed E-state index contributed by atoms with van der Waals surface area (Å²) in [6, 6.07) is 8.48. The van der Waals surface area contributed by atoms with Gasteiger partial charge in [-0.05, 0) is 24.8 Å². The van der Waals surface area contributed by atoms with E-state index in [2.05, 4.69) is 35.0 Å². The van der Waals surface area contributed by atoms with Crippen LogP contribution in [0.5, 0.6) is 0 Å². The van der Waals surface area contributed by atoms with Gasteiger partial charge in [0.05, 0.1) is 5.69 Å². The number of carbonyl (C=O) groups is 1. The van der Waals surface area contributed by atoms with Crippen LogP contribution in [0.3, 0.4) is 0 Å². The zero-order valence-electron chi connectivity index (χ0n) is 10.3. The standard InChI is InChI=1S/C15H17NOS/c17-12-7-5-11(6-8-12)9-16-14-10-18-15-4-2-1-3-13(14)15/h1-4,10-11,16H,5-9H2. The number of rotatable bonds is 3. The predicted octanol–water partition coefficient (Wildman–Crippen LogP) is 4.07. The maximum Gasteiger partial charge on any atom is 0.132 e. The lowest BCUT2D eigenvalue weighted by Gasteiger charge is -2.21. The summed E-state index contributed by atoms with van der Waals surface area (Å²) in [7, 11) is 0. The monoisotopic (exact) mass is 259 g/mol. The molecule has 2 aromatic rings. The molecule has 1 aliphatic carbocycles. The predicted molar refractivity (Wildman–Crippen MR) is 77.3 cm³/mol. The van der Waals surface area contributed by atoms with E-state index in [1.54, 1.807) is 11.3 Å². The molecule has 0 aliphatic heterocycles. The van der Waals surface area contributed by atoms with Crippen LogP contribution in [0.15, 0.2) is 29.6 Å². The number of nitrogens with one attached hydrogen (secondary N) is 1. The van der Waals surface area contributed by atoms with Gasteiger partial charge in [0, 0.05) is 34.9 Å². The Kier molecular flexibility index (Phi) is 3.33. The van der Waals surface area contributed by atoms with Gasteiger partial charge >= 0.3 is 0 Å². The van der Waals surface area contributed by atoms with Crippen molar-refractivity contribution in [3.05, 3.63) is 29.6 Å². The first kappa shape index (κ1) is 11.7. The molecule has 1 N–H and O–H groups in total. The molecular formula is C15H17NOS. The van der Waals surface area contributed by atoms with Crippen LogP contribution in [0, 0.1) is 5.92 Å². The van der Waals surface area contributed by atoms with Crippen molar-refractivity contribution in [3.8, 4) is 0 Å². The first-order valence-electron chi connectivity index (χ1n) is 6.55. The molecule has 18 heavy (non-hydrogen) atoms. The fourth-order valence-corrected chi connectivity index (χ4v) is 3.49. The van der Waals surface area contributed by atoms with Crippen LogP contribution >= 0.6 is 11.3 Å². The third-order valence-electron chi connectivity index (χ3n) is 3.73. The molecule has 1 aliphatic rings. The van der Waals surface area contributed by atoms with Crippen molar-refractivity contribution in [2.45, 2.75) is 25.7 Å². The van der Waals surface area contributed by atoms with E-state index in [1.165, 1.54) is 15.8 Å². The Morgan fingerprint density at radius 3 is 2.83 bits per heavy atom. The molecule has 0 radical (unpaired) electrons. The van der Waals surface area contributed by atoms with E-state index in [1.807, 2.05) is 0 Å². The summed E-state index contributed by atoms with van der Waals surface area (Å²) in [5.41, 5.74) is 1.24. The Bertz CT molecular complexity index is 550. The lowest BCUT2D eigenvalue weighted by molar-refractivity contribution is -0.120. The maximum atomic E-state index is 11.2. The molecule has 1 heterocycles. The average Bonchev–Trinajstić information content (AvgIpc) is 2.82. The molecule has 0 bridgehead atoms. The highest BCUT2D eigenvalue weighted by atomic mass is 32.1. The molecule has 2 nitrogen and oxygen atoms in total. The van der Waals surface area contributed by atoms with Gasteiger partial charge in [-0.3, -0.25) is 4.79 Å². The smallest absolute Gasteiger partial charge is 0.132 e. The van der Waals surface area contributed by atoms with Gasteiger partial charge in [-0.2, -0.15) is 0 Å². The second kappa shape index (κ2) is 5.11. The molecule has 0 amide bonds. The quantitative estimate of drug-likeness (QED) is 0.900. The van der Waals surface area contributed by atoms with Gasteiger partial charge in [0.15, 0.2) is 0 Å². The summed E-state index contributed by atoms with van der Waals surface area (Å²) in [4.78, 5) is 11.2. The number of hydrogen-bond acceptors (Lipinski definition) is 3. The first-order chi connectivity index (χ1) is 8.83. The minimum atomic E-state index is 0.437.